The van der Waals surface area contributed by atoms with Crippen LogP contribution in [0.5, 0.6) is 5.75 Å². The molecule has 0 radical (unpaired) electrons. The summed E-state index contributed by atoms with van der Waals surface area (Å²) in [7, 11) is 1.41. The van der Waals surface area contributed by atoms with Crippen molar-refractivity contribution in [2.75, 3.05) is 7.11 Å². The zero-order valence-electron chi connectivity index (χ0n) is 11.6. The lowest BCUT2D eigenvalue weighted by atomic mass is 10.1. The molecule has 1 aromatic heterocycles. The van der Waals surface area contributed by atoms with Crippen LogP contribution in [0.2, 0.25) is 0 Å². The van der Waals surface area contributed by atoms with E-state index in [2.05, 4.69) is 26.2 Å². The molecule has 21 heavy (non-hydrogen) atoms. The molecule has 1 atom stereocenters. The predicted molar refractivity (Wildman–Crippen MR) is 80.8 cm³/mol. The highest BCUT2D eigenvalue weighted by molar-refractivity contribution is 9.10. The summed E-state index contributed by atoms with van der Waals surface area (Å²) >= 11 is 3.21. The SMILES string of the molecule is COc1ccc(C(C)NC(=O)c2ccnc(Br)c2)cc1F. The van der Waals surface area contributed by atoms with E-state index in [-0.39, 0.29) is 17.7 Å². The minimum Gasteiger partial charge on any atom is -0.494 e. The lowest BCUT2D eigenvalue weighted by Crippen LogP contribution is -2.26. The van der Waals surface area contributed by atoms with E-state index in [1.807, 2.05) is 0 Å². The predicted octanol–water partition coefficient (Wildman–Crippen LogP) is 3.48. The Morgan fingerprint density at radius 3 is 2.76 bits per heavy atom. The topological polar surface area (TPSA) is 51.2 Å². The third-order valence-electron chi connectivity index (χ3n) is 3.01. The van der Waals surface area contributed by atoms with Crippen LogP contribution in [-0.2, 0) is 0 Å². The lowest BCUT2D eigenvalue weighted by molar-refractivity contribution is 0.0939. The number of nitrogens with zero attached hydrogens (tertiary/aromatic N) is 1. The summed E-state index contributed by atoms with van der Waals surface area (Å²) in [5.74, 6) is -0.528. The van der Waals surface area contributed by atoms with Crippen molar-refractivity contribution in [2.24, 2.45) is 0 Å². The molecule has 6 heteroatoms. The number of rotatable bonds is 4. The first kappa shape index (κ1) is 15.4. The average molecular weight is 353 g/mol. The number of benzene rings is 1. The van der Waals surface area contributed by atoms with Crippen LogP contribution in [0.4, 0.5) is 4.39 Å². The number of carbonyl (C=O) groups excluding carboxylic acids is 1. The molecule has 0 saturated heterocycles. The molecule has 0 saturated carbocycles. The summed E-state index contributed by atoms with van der Waals surface area (Å²) in [6.07, 6.45) is 1.54. The van der Waals surface area contributed by atoms with Gasteiger partial charge in [-0.05, 0) is 52.7 Å². The second-order valence-electron chi connectivity index (χ2n) is 4.46. The Balaban J connectivity index is 2.12. The van der Waals surface area contributed by atoms with Gasteiger partial charge in [-0.25, -0.2) is 9.37 Å². The number of aromatic nitrogens is 1. The van der Waals surface area contributed by atoms with Crippen molar-refractivity contribution in [3.63, 3.8) is 0 Å². The summed E-state index contributed by atoms with van der Waals surface area (Å²) in [4.78, 5) is 16.1. The Kier molecular flexibility index (Phi) is 4.90. The van der Waals surface area contributed by atoms with Gasteiger partial charge >= 0.3 is 0 Å². The van der Waals surface area contributed by atoms with Crippen LogP contribution in [-0.4, -0.2) is 18.0 Å². The van der Waals surface area contributed by atoms with Crippen LogP contribution in [0.25, 0.3) is 0 Å². The molecule has 1 heterocycles. The summed E-state index contributed by atoms with van der Waals surface area (Å²) in [5, 5.41) is 2.81. The largest absolute Gasteiger partial charge is 0.494 e. The van der Waals surface area contributed by atoms with E-state index in [1.165, 1.54) is 25.4 Å². The smallest absolute Gasteiger partial charge is 0.251 e. The third-order valence-corrected chi connectivity index (χ3v) is 3.45. The number of hydrogen-bond donors (Lipinski definition) is 1. The van der Waals surface area contributed by atoms with Crippen LogP contribution in [0, 0.1) is 5.82 Å². The summed E-state index contributed by atoms with van der Waals surface area (Å²) < 4.78 is 19.1. The molecular weight excluding hydrogens is 339 g/mol. The molecule has 1 aromatic carbocycles. The van der Waals surface area contributed by atoms with Gasteiger partial charge in [0.25, 0.3) is 5.91 Å². The van der Waals surface area contributed by atoms with Gasteiger partial charge in [-0.15, -0.1) is 0 Å². The summed E-state index contributed by atoms with van der Waals surface area (Å²) in [6, 6.07) is 7.51. The monoisotopic (exact) mass is 352 g/mol. The van der Waals surface area contributed by atoms with Gasteiger partial charge in [-0.1, -0.05) is 6.07 Å². The van der Waals surface area contributed by atoms with Crippen molar-refractivity contribution >= 4 is 21.8 Å². The fourth-order valence-corrected chi connectivity index (χ4v) is 2.22. The normalized spacial score (nSPS) is 11.8. The Bertz CT molecular complexity index is 664. The highest BCUT2D eigenvalue weighted by atomic mass is 79.9. The molecule has 1 unspecified atom stereocenters. The van der Waals surface area contributed by atoms with Crippen LogP contribution < -0.4 is 10.1 Å². The first-order valence-corrected chi connectivity index (χ1v) is 7.06. The standard InChI is InChI=1S/C15H14BrFN2O2/c1-9(10-3-4-13(21-2)12(17)7-10)19-15(20)11-5-6-18-14(16)8-11/h3-9H,1-2H3,(H,19,20). The molecule has 110 valence electrons. The van der Waals surface area contributed by atoms with Gasteiger partial charge in [0.1, 0.15) is 4.60 Å². The molecule has 1 N–H and O–H groups in total. The van der Waals surface area contributed by atoms with Gasteiger partial charge in [0.15, 0.2) is 11.6 Å². The Morgan fingerprint density at radius 1 is 1.38 bits per heavy atom. The fourth-order valence-electron chi connectivity index (χ4n) is 1.86. The van der Waals surface area contributed by atoms with Gasteiger partial charge in [0, 0.05) is 11.8 Å². The quantitative estimate of drug-likeness (QED) is 0.857. The van der Waals surface area contributed by atoms with Crippen molar-refractivity contribution in [3.05, 3.63) is 58.1 Å². The van der Waals surface area contributed by atoms with Crippen LogP contribution in [0.3, 0.4) is 0 Å². The molecule has 0 spiro atoms. The molecule has 0 aliphatic rings. The fraction of sp³-hybridized carbons (Fsp3) is 0.200. The van der Waals surface area contributed by atoms with Crippen LogP contribution in [0.1, 0.15) is 28.9 Å². The lowest BCUT2D eigenvalue weighted by Gasteiger charge is -2.15. The number of pyridine rings is 1. The van der Waals surface area contributed by atoms with E-state index in [9.17, 15) is 9.18 Å². The van der Waals surface area contributed by atoms with Crippen LogP contribution in [0.15, 0.2) is 41.1 Å². The maximum atomic E-state index is 13.7. The van der Waals surface area contributed by atoms with Crippen molar-refractivity contribution in [1.29, 1.82) is 0 Å². The van der Waals surface area contributed by atoms with E-state index in [4.69, 9.17) is 4.74 Å². The first-order valence-electron chi connectivity index (χ1n) is 6.27. The van der Waals surface area contributed by atoms with Crippen LogP contribution >= 0.6 is 15.9 Å². The molecule has 0 aliphatic carbocycles. The van der Waals surface area contributed by atoms with Crippen molar-refractivity contribution in [2.45, 2.75) is 13.0 Å². The van der Waals surface area contributed by atoms with Crippen molar-refractivity contribution in [1.82, 2.24) is 10.3 Å². The van der Waals surface area contributed by atoms with Gasteiger partial charge in [0.2, 0.25) is 0 Å². The highest BCUT2D eigenvalue weighted by Gasteiger charge is 2.13. The summed E-state index contributed by atoms with van der Waals surface area (Å²) in [5.41, 5.74) is 1.15. The number of ether oxygens (including phenoxy) is 1. The van der Waals surface area contributed by atoms with Gasteiger partial charge in [0.05, 0.1) is 13.2 Å². The highest BCUT2D eigenvalue weighted by Crippen LogP contribution is 2.22. The van der Waals surface area contributed by atoms with Gasteiger partial charge in [-0.3, -0.25) is 4.79 Å². The van der Waals surface area contributed by atoms with Gasteiger partial charge in [-0.2, -0.15) is 0 Å². The number of halogens is 2. The second kappa shape index (κ2) is 6.67. The van der Waals surface area contributed by atoms with E-state index < -0.39 is 5.82 Å². The molecule has 4 nitrogen and oxygen atoms in total. The Labute approximate surface area is 130 Å². The van der Waals surface area contributed by atoms with Crippen molar-refractivity contribution in [3.8, 4) is 5.75 Å². The zero-order valence-corrected chi connectivity index (χ0v) is 13.1. The van der Waals surface area contributed by atoms with Gasteiger partial charge < -0.3 is 10.1 Å². The van der Waals surface area contributed by atoms with E-state index in [0.717, 1.165) is 0 Å². The minimum absolute atomic E-state index is 0.176. The number of carbonyl (C=O) groups is 1. The molecule has 0 fully saturated rings. The molecule has 0 aliphatic heterocycles. The minimum atomic E-state index is -0.456. The molecule has 1 amide bonds. The number of nitrogens with one attached hydrogen (secondary N) is 1. The third kappa shape index (κ3) is 3.78. The first-order chi connectivity index (χ1) is 10.0. The number of amides is 1. The maximum absolute atomic E-state index is 13.7. The van der Waals surface area contributed by atoms with E-state index >= 15 is 0 Å². The molecular formula is C15H14BrFN2O2. The summed E-state index contributed by atoms with van der Waals surface area (Å²) in [6.45, 7) is 1.79. The van der Waals surface area contributed by atoms with Crippen molar-refractivity contribution < 1.29 is 13.9 Å². The zero-order chi connectivity index (χ0) is 15.4. The molecule has 0 bridgehead atoms. The Morgan fingerprint density at radius 2 is 2.14 bits per heavy atom. The Hall–Kier alpha value is -1.95. The molecule has 2 rings (SSSR count). The van der Waals surface area contributed by atoms with E-state index in [0.29, 0.717) is 15.7 Å². The molecule has 2 aromatic rings. The average Bonchev–Trinajstić information content (AvgIpc) is 2.47. The number of hydrogen-bond acceptors (Lipinski definition) is 3. The second-order valence-corrected chi connectivity index (χ2v) is 5.27. The maximum Gasteiger partial charge on any atom is 0.251 e. The number of methoxy groups -OCH3 is 1. The van der Waals surface area contributed by atoms with E-state index in [1.54, 1.807) is 25.1 Å².